The quantitative estimate of drug-likeness (QED) is 0.243. The number of carboxylic acid groups (broad SMARTS) is 1. The fraction of sp³-hybridized carbons (Fsp3) is 0.706. The highest BCUT2D eigenvalue weighted by atomic mass is 32.2. The van der Waals surface area contributed by atoms with Crippen molar-refractivity contribution in [2.24, 2.45) is 17.6 Å². The van der Waals surface area contributed by atoms with E-state index >= 15 is 0 Å². The standard InChI is InChI=1S/C17H26N4O4S/c1-7-13-12(8(2)22)16(23)21(13)14(17(24)25)15(7)26-10-5-9(20-6-10)3-4-11(18)19/h7-10,12-13,20,22H,3-6H2,1-2H3,(H3,18,19)(H,24,25)/t7-,8-,9-,10+,12-,13-/m1/s1. The van der Waals surface area contributed by atoms with E-state index in [9.17, 15) is 19.8 Å². The minimum Gasteiger partial charge on any atom is -0.477 e. The zero-order valence-corrected chi connectivity index (χ0v) is 15.8. The number of aliphatic hydroxyl groups is 1. The van der Waals surface area contributed by atoms with Crippen LogP contribution in [0.3, 0.4) is 0 Å². The van der Waals surface area contributed by atoms with Crippen LogP contribution >= 0.6 is 11.8 Å². The molecule has 3 aliphatic heterocycles. The van der Waals surface area contributed by atoms with Gasteiger partial charge in [0.15, 0.2) is 0 Å². The van der Waals surface area contributed by atoms with Crippen molar-refractivity contribution in [3.63, 3.8) is 0 Å². The average molecular weight is 382 g/mol. The third-order valence-electron chi connectivity index (χ3n) is 5.55. The van der Waals surface area contributed by atoms with Crippen molar-refractivity contribution in [1.82, 2.24) is 10.2 Å². The van der Waals surface area contributed by atoms with Crippen molar-refractivity contribution in [3.8, 4) is 0 Å². The number of nitrogens with zero attached hydrogens (tertiary/aromatic N) is 1. The molecule has 0 aromatic carbocycles. The fourth-order valence-electron chi connectivity index (χ4n) is 4.28. The molecule has 0 unspecified atom stereocenters. The Labute approximate surface area is 156 Å². The minimum atomic E-state index is -1.08. The molecular weight excluding hydrogens is 356 g/mol. The van der Waals surface area contributed by atoms with Crippen molar-refractivity contribution in [3.05, 3.63) is 10.6 Å². The van der Waals surface area contributed by atoms with E-state index in [0.717, 1.165) is 24.3 Å². The summed E-state index contributed by atoms with van der Waals surface area (Å²) in [6.45, 7) is 4.28. The Morgan fingerprint density at radius 1 is 1.54 bits per heavy atom. The highest BCUT2D eigenvalue weighted by Gasteiger charge is 2.60. The Morgan fingerprint density at radius 2 is 2.23 bits per heavy atom. The highest BCUT2D eigenvalue weighted by molar-refractivity contribution is 8.03. The monoisotopic (exact) mass is 382 g/mol. The molecule has 2 saturated heterocycles. The Hall–Kier alpha value is -1.58. The molecule has 2 fully saturated rings. The van der Waals surface area contributed by atoms with Gasteiger partial charge in [0.2, 0.25) is 5.91 Å². The second kappa shape index (κ2) is 7.21. The number of nitrogens with two attached hydrogens (primary N) is 1. The zero-order valence-electron chi connectivity index (χ0n) is 14.9. The van der Waals surface area contributed by atoms with Crippen LogP contribution in [0.2, 0.25) is 0 Å². The summed E-state index contributed by atoms with van der Waals surface area (Å²) in [5, 5.41) is 30.5. The van der Waals surface area contributed by atoms with Gasteiger partial charge in [0, 0.05) is 35.1 Å². The van der Waals surface area contributed by atoms with Gasteiger partial charge in [-0.05, 0) is 19.8 Å². The molecule has 0 aromatic rings. The number of thioether (sulfide) groups is 1. The van der Waals surface area contributed by atoms with Crippen LogP contribution in [0.5, 0.6) is 0 Å². The van der Waals surface area contributed by atoms with Crippen LogP contribution in [0.4, 0.5) is 0 Å². The lowest BCUT2D eigenvalue weighted by atomic mass is 9.79. The van der Waals surface area contributed by atoms with Crippen molar-refractivity contribution in [2.75, 3.05) is 6.54 Å². The zero-order chi connectivity index (χ0) is 19.2. The number of nitrogens with one attached hydrogen (secondary N) is 2. The largest absolute Gasteiger partial charge is 0.477 e. The number of aliphatic hydroxyl groups excluding tert-OH is 1. The summed E-state index contributed by atoms with van der Waals surface area (Å²) in [5.74, 6) is -1.83. The summed E-state index contributed by atoms with van der Waals surface area (Å²) < 4.78 is 0. The lowest BCUT2D eigenvalue weighted by Gasteiger charge is -2.46. The van der Waals surface area contributed by atoms with Crippen LogP contribution < -0.4 is 11.1 Å². The first-order chi connectivity index (χ1) is 12.2. The van der Waals surface area contributed by atoms with Crippen LogP contribution in [0, 0.1) is 17.2 Å². The molecule has 3 aliphatic rings. The van der Waals surface area contributed by atoms with Crippen molar-refractivity contribution >= 4 is 29.5 Å². The molecule has 0 aromatic heterocycles. The van der Waals surface area contributed by atoms with Crippen LogP contribution in [0.15, 0.2) is 10.6 Å². The lowest BCUT2D eigenvalue weighted by molar-refractivity contribution is -0.163. The van der Waals surface area contributed by atoms with Gasteiger partial charge in [-0.15, -0.1) is 11.8 Å². The van der Waals surface area contributed by atoms with E-state index in [4.69, 9.17) is 11.1 Å². The number of rotatable bonds is 7. The number of carboxylic acids is 1. The number of fused-ring (bicyclic) bond motifs is 1. The van der Waals surface area contributed by atoms with Gasteiger partial charge in [-0.2, -0.15) is 0 Å². The molecule has 26 heavy (non-hydrogen) atoms. The Bertz CT molecular complexity index is 665. The molecule has 8 nitrogen and oxygen atoms in total. The van der Waals surface area contributed by atoms with Crippen LogP contribution in [0.25, 0.3) is 0 Å². The molecule has 144 valence electrons. The van der Waals surface area contributed by atoms with E-state index in [1.54, 1.807) is 6.92 Å². The van der Waals surface area contributed by atoms with Gasteiger partial charge in [0.25, 0.3) is 0 Å². The maximum atomic E-state index is 12.3. The fourth-order valence-corrected chi connectivity index (χ4v) is 5.80. The first-order valence-electron chi connectivity index (χ1n) is 8.93. The van der Waals surface area contributed by atoms with Gasteiger partial charge in [-0.1, -0.05) is 6.92 Å². The van der Waals surface area contributed by atoms with E-state index < -0.39 is 18.0 Å². The number of carbonyl (C=O) groups is 2. The van der Waals surface area contributed by atoms with Gasteiger partial charge in [0.1, 0.15) is 5.70 Å². The van der Waals surface area contributed by atoms with E-state index in [2.05, 4.69) is 5.32 Å². The van der Waals surface area contributed by atoms with Crippen molar-refractivity contribution < 1.29 is 19.8 Å². The Kier molecular flexibility index (Phi) is 5.32. The molecule has 0 saturated carbocycles. The van der Waals surface area contributed by atoms with Gasteiger partial charge in [-0.3, -0.25) is 10.2 Å². The van der Waals surface area contributed by atoms with Crippen LogP contribution in [-0.2, 0) is 9.59 Å². The van der Waals surface area contributed by atoms with Crippen molar-refractivity contribution in [1.29, 1.82) is 5.41 Å². The average Bonchev–Trinajstić information content (AvgIpc) is 3.08. The smallest absolute Gasteiger partial charge is 0.353 e. The molecule has 0 spiro atoms. The van der Waals surface area contributed by atoms with Gasteiger partial charge in [0.05, 0.1) is 23.9 Å². The lowest BCUT2D eigenvalue weighted by Crippen LogP contribution is -2.63. The number of hydrogen-bond acceptors (Lipinski definition) is 6. The summed E-state index contributed by atoms with van der Waals surface area (Å²) in [4.78, 5) is 26.2. The molecule has 3 rings (SSSR count). The number of carbonyl (C=O) groups excluding carboxylic acids is 1. The molecule has 0 radical (unpaired) electrons. The van der Waals surface area contributed by atoms with Gasteiger partial charge in [-0.25, -0.2) is 4.79 Å². The summed E-state index contributed by atoms with van der Waals surface area (Å²) in [6, 6.07) is 0.00447. The molecular formula is C17H26N4O4S. The summed E-state index contributed by atoms with van der Waals surface area (Å²) in [5.41, 5.74) is 5.50. The third kappa shape index (κ3) is 3.23. The van der Waals surface area contributed by atoms with Crippen molar-refractivity contribution in [2.45, 2.75) is 56.5 Å². The Morgan fingerprint density at radius 3 is 2.81 bits per heavy atom. The molecule has 0 aliphatic carbocycles. The molecule has 0 bridgehead atoms. The van der Waals surface area contributed by atoms with Crippen LogP contribution in [0.1, 0.15) is 33.1 Å². The number of hydrogen-bond donors (Lipinski definition) is 5. The maximum absolute atomic E-state index is 12.3. The maximum Gasteiger partial charge on any atom is 0.353 e. The SMILES string of the molecule is C[C@@H](O)[C@H]1C(=O)N2C(C(=O)O)=C(S[C@@H]3CN[C@H](CCC(=N)N)C3)[C@H](C)[C@H]12. The number of amides is 1. The minimum absolute atomic E-state index is 0.0848. The first kappa shape index (κ1) is 19.2. The second-order valence-corrected chi connectivity index (χ2v) is 8.76. The summed E-state index contributed by atoms with van der Waals surface area (Å²) >= 11 is 1.54. The molecule has 1 amide bonds. The van der Waals surface area contributed by atoms with Gasteiger partial charge >= 0.3 is 5.97 Å². The number of amidine groups is 1. The first-order valence-corrected chi connectivity index (χ1v) is 9.81. The summed E-state index contributed by atoms with van der Waals surface area (Å²) in [7, 11) is 0. The van der Waals surface area contributed by atoms with Crippen LogP contribution in [-0.4, -0.2) is 62.8 Å². The molecule has 9 heteroatoms. The number of β-lactam (4-membered cyclic amide) rings is 1. The third-order valence-corrected chi connectivity index (χ3v) is 7.06. The highest BCUT2D eigenvalue weighted by Crippen LogP contribution is 2.51. The van der Waals surface area contributed by atoms with E-state index in [1.165, 1.54) is 16.7 Å². The molecule has 6 N–H and O–H groups in total. The predicted octanol–water partition coefficient (Wildman–Crippen LogP) is 0.320. The van der Waals surface area contributed by atoms with E-state index in [0.29, 0.717) is 6.42 Å². The molecule has 3 heterocycles. The molecule has 6 atom stereocenters. The van der Waals surface area contributed by atoms with E-state index in [1.807, 2.05) is 6.92 Å². The topological polar surface area (TPSA) is 140 Å². The second-order valence-electron chi connectivity index (χ2n) is 7.42. The summed E-state index contributed by atoms with van der Waals surface area (Å²) in [6.07, 6.45) is 1.44. The number of aliphatic carboxylic acids is 1. The predicted molar refractivity (Wildman–Crippen MR) is 98.6 cm³/mol. The van der Waals surface area contributed by atoms with Gasteiger partial charge < -0.3 is 26.2 Å². The Balaban J connectivity index is 1.72. The van der Waals surface area contributed by atoms with E-state index in [-0.39, 0.29) is 40.7 Å². The normalized spacial score (nSPS) is 34.7.